The molecule has 126 valence electrons. The molecule has 1 amide bonds. The fourth-order valence-corrected chi connectivity index (χ4v) is 2.86. The van der Waals surface area contributed by atoms with Crippen LogP contribution in [0.2, 0.25) is 0 Å². The Morgan fingerprint density at radius 3 is 2.40 bits per heavy atom. The van der Waals surface area contributed by atoms with Crippen LogP contribution in [0.25, 0.3) is 5.82 Å². The van der Waals surface area contributed by atoms with E-state index in [0.29, 0.717) is 18.9 Å². The van der Waals surface area contributed by atoms with Crippen LogP contribution in [0.4, 0.5) is 5.82 Å². The van der Waals surface area contributed by atoms with Crippen LogP contribution < -0.4 is 4.90 Å². The number of nitrogens with zero attached hydrogens (tertiary/aromatic N) is 7. The third-order valence-corrected chi connectivity index (χ3v) is 4.20. The standard InChI is InChI=1S/C17H17N7O/c25-17(14-4-2-1-3-5-14)23-8-6-22(7-9-23)15-10-16(20-12-19-15)24-13-18-11-21-24/h1-5,10-13H,6-9H2. The SMILES string of the molecule is O=C(c1ccccc1)N1CCN(c2cc(-n3cncn3)ncn2)CC1. The maximum atomic E-state index is 12.5. The lowest BCUT2D eigenvalue weighted by Gasteiger charge is -2.35. The van der Waals surface area contributed by atoms with E-state index in [1.165, 1.54) is 12.7 Å². The Hall–Kier alpha value is -3.29. The molecule has 3 heterocycles. The van der Waals surface area contributed by atoms with Gasteiger partial charge in [-0.2, -0.15) is 5.10 Å². The molecule has 1 aliphatic rings. The van der Waals surface area contributed by atoms with Crippen molar-refractivity contribution >= 4 is 11.7 Å². The maximum absolute atomic E-state index is 12.5. The molecule has 0 N–H and O–H groups in total. The molecule has 3 aromatic rings. The Kier molecular flexibility index (Phi) is 4.07. The minimum Gasteiger partial charge on any atom is -0.353 e. The second-order valence-electron chi connectivity index (χ2n) is 5.72. The fourth-order valence-electron chi connectivity index (χ4n) is 2.86. The van der Waals surface area contributed by atoms with Crippen LogP contribution in [-0.4, -0.2) is 61.7 Å². The third kappa shape index (κ3) is 3.18. The van der Waals surface area contributed by atoms with E-state index < -0.39 is 0 Å². The molecule has 0 atom stereocenters. The van der Waals surface area contributed by atoms with E-state index in [1.54, 1.807) is 11.0 Å². The first-order valence-electron chi connectivity index (χ1n) is 8.07. The molecule has 1 aliphatic heterocycles. The van der Waals surface area contributed by atoms with Gasteiger partial charge in [0.25, 0.3) is 5.91 Å². The molecule has 0 aliphatic carbocycles. The molecule has 25 heavy (non-hydrogen) atoms. The number of carbonyl (C=O) groups excluding carboxylic acids is 1. The second kappa shape index (κ2) is 6.68. The van der Waals surface area contributed by atoms with Crippen LogP contribution in [0.15, 0.2) is 55.4 Å². The van der Waals surface area contributed by atoms with Gasteiger partial charge in [-0.3, -0.25) is 4.79 Å². The number of amides is 1. The fraction of sp³-hybridized carbons (Fsp3) is 0.235. The molecule has 4 rings (SSSR count). The first-order chi connectivity index (χ1) is 12.3. The second-order valence-corrected chi connectivity index (χ2v) is 5.72. The molecule has 8 nitrogen and oxygen atoms in total. The largest absolute Gasteiger partial charge is 0.353 e. The summed E-state index contributed by atoms with van der Waals surface area (Å²) in [6, 6.07) is 11.3. The van der Waals surface area contributed by atoms with E-state index >= 15 is 0 Å². The molecule has 8 heteroatoms. The molecule has 2 aromatic heterocycles. The molecular weight excluding hydrogens is 318 g/mol. The van der Waals surface area contributed by atoms with Gasteiger partial charge in [0.1, 0.15) is 24.8 Å². The van der Waals surface area contributed by atoms with Crippen molar-refractivity contribution in [3.63, 3.8) is 0 Å². The van der Waals surface area contributed by atoms with Crippen molar-refractivity contribution < 1.29 is 4.79 Å². The monoisotopic (exact) mass is 335 g/mol. The number of aromatic nitrogens is 5. The molecule has 1 saturated heterocycles. The lowest BCUT2D eigenvalue weighted by Crippen LogP contribution is -2.49. The summed E-state index contributed by atoms with van der Waals surface area (Å²) >= 11 is 0. The van der Waals surface area contributed by atoms with E-state index in [-0.39, 0.29) is 5.91 Å². The minimum atomic E-state index is 0.0752. The van der Waals surface area contributed by atoms with Gasteiger partial charge < -0.3 is 9.80 Å². The third-order valence-electron chi connectivity index (χ3n) is 4.20. The summed E-state index contributed by atoms with van der Waals surface area (Å²) in [6.07, 6.45) is 4.59. The van der Waals surface area contributed by atoms with E-state index in [2.05, 4.69) is 25.0 Å². The summed E-state index contributed by atoms with van der Waals surface area (Å²) < 4.78 is 1.60. The Labute approximate surface area is 144 Å². The first-order valence-corrected chi connectivity index (χ1v) is 8.07. The van der Waals surface area contributed by atoms with Gasteiger partial charge in [-0.05, 0) is 12.1 Å². The van der Waals surface area contributed by atoms with Crippen molar-refractivity contribution in [3.05, 3.63) is 60.9 Å². The van der Waals surface area contributed by atoms with Crippen molar-refractivity contribution in [1.82, 2.24) is 29.6 Å². The number of carbonyl (C=O) groups is 1. The zero-order valence-electron chi connectivity index (χ0n) is 13.6. The van der Waals surface area contributed by atoms with Gasteiger partial charge in [0.05, 0.1) is 0 Å². The average Bonchev–Trinajstić information content (AvgIpc) is 3.23. The Balaban J connectivity index is 1.44. The quantitative estimate of drug-likeness (QED) is 0.711. The predicted octanol–water partition coefficient (Wildman–Crippen LogP) is 1.02. The van der Waals surface area contributed by atoms with Crippen molar-refractivity contribution in [2.24, 2.45) is 0 Å². The summed E-state index contributed by atoms with van der Waals surface area (Å²) in [5.74, 6) is 1.57. The summed E-state index contributed by atoms with van der Waals surface area (Å²) in [6.45, 7) is 2.78. The molecular formula is C17H17N7O. The smallest absolute Gasteiger partial charge is 0.253 e. The van der Waals surface area contributed by atoms with Crippen molar-refractivity contribution in [3.8, 4) is 5.82 Å². The number of anilines is 1. The number of benzene rings is 1. The van der Waals surface area contributed by atoms with Gasteiger partial charge >= 0.3 is 0 Å². The number of hydrogen-bond acceptors (Lipinski definition) is 6. The lowest BCUT2D eigenvalue weighted by atomic mass is 10.2. The van der Waals surface area contributed by atoms with Crippen molar-refractivity contribution in [1.29, 1.82) is 0 Å². The molecule has 0 bridgehead atoms. The highest BCUT2D eigenvalue weighted by atomic mass is 16.2. The summed E-state index contributed by atoms with van der Waals surface area (Å²) in [4.78, 5) is 29.0. The van der Waals surface area contributed by atoms with Gasteiger partial charge in [-0.1, -0.05) is 18.2 Å². The van der Waals surface area contributed by atoms with Gasteiger partial charge in [0.2, 0.25) is 0 Å². The minimum absolute atomic E-state index is 0.0752. The van der Waals surface area contributed by atoms with Crippen LogP contribution in [0.1, 0.15) is 10.4 Å². The molecule has 0 spiro atoms. The zero-order valence-corrected chi connectivity index (χ0v) is 13.6. The summed E-state index contributed by atoms with van der Waals surface area (Å²) in [7, 11) is 0. The van der Waals surface area contributed by atoms with Gasteiger partial charge in [-0.25, -0.2) is 19.6 Å². The van der Waals surface area contributed by atoms with E-state index in [0.717, 1.165) is 24.5 Å². The number of piperazine rings is 1. The van der Waals surface area contributed by atoms with Gasteiger partial charge in [-0.15, -0.1) is 0 Å². The molecule has 0 unspecified atom stereocenters. The summed E-state index contributed by atoms with van der Waals surface area (Å²) in [5.41, 5.74) is 0.728. The van der Waals surface area contributed by atoms with Gasteiger partial charge in [0, 0.05) is 37.8 Å². The normalized spacial score (nSPS) is 14.6. The summed E-state index contributed by atoms with van der Waals surface area (Å²) in [5, 5.41) is 4.09. The highest BCUT2D eigenvalue weighted by Gasteiger charge is 2.23. The van der Waals surface area contributed by atoms with E-state index in [4.69, 9.17) is 0 Å². The molecule has 1 aromatic carbocycles. The van der Waals surface area contributed by atoms with Crippen LogP contribution >= 0.6 is 0 Å². The van der Waals surface area contributed by atoms with Crippen LogP contribution in [0.5, 0.6) is 0 Å². The van der Waals surface area contributed by atoms with Crippen LogP contribution in [0, 0.1) is 0 Å². The van der Waals surface area contributed by atoms with Crippen LogP contribution in [-0.2, 0) is 0 Å². The lowest BCUT2D eigenvalue weighted by molar-refractivity contribution is 0.0746. The zero-order chi connectivity index (χ0) is 17.1. The first kappa shape index (κ1) is 15.3. The predicted molar refractivity (Wildman–Crippen MR) is 91.5 cm³/mol. The van der Waals surface area contributed by atoms with Gasteiger partial charge in [0.15, 0.2) is 5.82 Å². The van der Waals surface area contributed by atoms with Crippen molar-refractivity contribution in [2.75, 3.05) is 31.1 Å². The highest BCUT2D eigenvalue weighted by Crippen LogP contribution is 2.16. The number of rotatable bonds is 3. The van der Waals surface area contributed by atoms with E-state index in [1.807, 2.05) is 41.3 Å². The Morgan fingerprint density at radius 2 is 1.68 bits per heavy atom. The molecule has 1 fully saturated rings. The van der Waals surface area contributed by atoms with Crippen molar-refractivity contribution in [2.45, 2.75) is 0 Å². The Morgan fingerprint density at radius 1 is 0.920 bits per heavy atom. The highest BCUT2D eigenvalue weighted by molar-refractivity contribution is 5.94. The number of hydrogen-bond donors (Lipinski definition) is 0. The molecule has 0 radical (unpaired) electrons. The topological polar surface area (TPSA) is 80.0 Å². The van der Waals surface area contributed by atoms with Crippen LogP contribution in [0.3, 0.4) is 0 Å². The Bertz CT molecular complexity index is 842. The molecule has 0 saturated carbocycles. The average molecular weight is 335 g/mol. The maximum Gasteiger partial charge on any atom is 0.253 e. The van der Waals surface area contributed by atoms with E-state index in [9.17, 15) is 4.79 Å².